The first-order chi connectivity index (χ1) is 7.52. The Hall–Kier alpha value is -1.88. The third kappa shape index (κ3) is 3.06. The van der Waals surface area contributed by atoms with Crippen LogP contribution in [0.5, 0.6) is 0 Å². The molecular formula is C11H12O5. The van der Waals surface area contributed by atoms with Crippen molar-refractivity contribution in [1.29, 1.82) is 0 Å². The van der Waals surface area contributed by atoms with Gasteiger partial charge >= 0.3 is 11.9 Å². The summed E-state index contributed by atoms with van der Waals surface area (Å²) in [5, 5.41) is 26.6. The predicted octanol–water partition coefficient (Wildman–Crippen LogP) is 0.375. The molecule has 1 aromatic carbocycles. The van der Waals surface area contributed by atoms with Crippen molar-refractivity contribution >= 4 is 11.9 Å². The van der Waals surface area contributed by atoms with E-state index in [0.29, 0.717) is 5.56 Å². The molecule has 1 rings (SSSR count). The van der Waals surface area contributed by atoms with Crippen LogP contribution in [0.15, 0.2) is 30.3 Å². The molecule has 0 bridgehead atoms. The highest BCUT2D eigenvalue weighted by Crippen LogP contribution is 2.13. The first-order valence-electron chi connectivity index (χ1n) is 4.70. The smallest absolute Gasteiger partial charge is 0.333 e. The highest BCUT2D eigenvalue weighted by atomic mass is 16.4. The molecule has 0 saturated carbocycles. The van der Waals surface area contributed by atoms with Gasteiger partial charge in [-0.25, -0.2) is 4.79 Å². The fourth-order valence-electron chi connectivity index (χ4n) is 1.37. The average Bonchev–Trinajstić information content (AvgIpc) is 2.26. The van der Waals surface area contributed by atoms with E-state index in [2.05, 4.69) is 0 Å². The molecule has 0 aliphatic rings. The minimum absolute atomic E-state index is 0.0103. The molecule has 0 aromatic heterocycles. The Morgan fingerprint density at radius 3 is 2.06 bits per heavy atom. The van der Waals surface area contributed by atoms with Gasteiger partial charge in [0.25, 0.3) is 0 Å². The van der Waals surface area contributed by atoms with Gasteiger partial charge in [-0.1, -0.05) is 30.3 Å². The van der Waals surface area contributed by atoms with E-state index in [4.69, 9.17) is 10.2 Å². The Kier molecular flexibility index (Phi) is 4.02. The van der Waals surface area contributed by atoms with Gasteiger partial charge < -0.3 is 15.3 Å². The van der Waals surface area contributed by atoms with Gasteiger partial charge in [0.05, 0.1) is 5.92 Å². The van der Waals surface area contributed by atoms with E-state index in [1.807, 2.05) is 0 Å². The van der Waals surface area contributed by atoms with Crippen molar-refractivity contribution in [2.75, 3.05) is 0 Å². The number of carboxylic acids is 2. The quantitative estimate of drug-likeness (QED) is 0.671. The standard InChI is InChI=1S/C11H12O5/c12-9(11(15)16)8(10(13)14)6-7-4-2-1-3-5-7/h1-5,8-9,12H,6H2,(H,13,14)(H,15,16)/t8-,9?/m0/s1. The maximum atomic E-state index is 10.8. The largest absolute Gasteiger partial charge is 0.481 e. The number of hydrogen-bond acceptors (Lipinski definition) is 3. The van der Waals surface area contributed by atoms with Crippen LogP contribution >= 0.6 is 0 Å². The number of carbonyl (C=O) groups is 2. The summed E-state index contributed by atoms with van der Waals surface area (Å²) >= 11 is 0. The number of rotatable bonds is 5. The minimum atomic E-state index is -1.89. The van der Waals surface area contributed by atoms with Crippen LogP contribution in [0, 0.1) is 5.92 Å². The molecule has 0 aliphatic carbocycles. The first-order valence-corrected chi connectivity index (χ1v) is 4.70. The van der Waals surface area contributed by atoms with Gasteiger partial charge in [0.15, 0.2) is 6.10 Å². The fraction of sp³-hybridized carbons (Fsp3) is 0.273. The molecule has 5 nitrogen and oxygen atoms in total. The molecule has 16 heavy (non-hydrogen) atoms. The average molecular weight is 224 g/mol. The van der Waals surface area contributed by atoms with Crippen molar-refractivity contribution in [3.05, 3.63) is 35.9 Å². The van der Waals surface area contributed by atoms with Gasteiger partial charge in [0.1, 0.15) is 0 Å². The Morgan fingerprint density at radius 1 is 1.06 bits per heavy atom. The van der Waals surface area contributed by atoms with Crippen LogP contribution in [-0.2, 0) is 16.0 Å². The summed E-state index contributed by atoms with van der Waals surface area (Å²) in [5.74, 6) is -4.18. The van der Waals surface area contributed by atoms with Gasteiger partial charge in [-0.15, -0.1) is 0 Å². The summed E-state index contributed by atoms with van der Waals surface area (Å²) in [6.07, 6.45) is -1.90. The van der Waals surface area contributed by atoms with Crippen molar-refractivity contribution in [2.24, 2.45) is 5.92 Å². The van der Waals surface area contributed by atoms with E-state index >= 15 is 0 Å². The molecule has 0 amide bonds. The van der Waals surface area contributed by atoms with E-state index in [9.17, 15) is 14.7 Å². The van der Waals surface area contributed by atoms with Crippen LogP contribution in [0.2, 0.25) is 0 Å². The summed E-state index contributed by atoms with van der Waals surface area (Å²) in [4.78, 5) is 21.3. The van der Waals surface area contributed by atoms with Crippen LogP contribution < -0.4 is 0 Å². The Labute approximate surface area is 92.0 Å². The highest BCUT2D eigenvalue weighted by molar-refractivity contribution is 5.81. The zero-order chi connectivity index (χ0) is 12.1. The third-order valence-corrected chi connectivity index (χ3v) is 2.25. The van der Waals surface area contributed by atoms with Crippen molar-refractivity contribution in [3.63, 3.8) is 0 Å². The summed E-state index contributed by atoms with van der Waals surface area (Å²) in [6.45, 7) is 0. The molecular weight excluding hydrogens is 212 g/mol. The molecule has 86 valence electrons. The minimum Gasteiger partial charge on any atom is -0.481 e. The molecule has 0 heterocycles. The molecule has 3 N–H and O–H groups in total. The zero-order valence-electron chi connectivity index (χ0n) is 8.41. The Morgan fingerprint density at radius 2 is 1.62 bits per heavy atom. The van der Waals surface area contributed by atoms with Gasteiger partial charge in [-0.05, 0) is 12.0 Å². The molecule has 5 heteroatoms. The number of carboxylic acid groups (broad SMARTS) is 2. The van der Waals surface area contributed by atoms with Crippen molar-refractivity contribution in [1.82, 2.24) is 0 Å². The fourth-order valence-corrected chi connectivity index (χ4v) is 1.37. The van der Waals surface area contributed by atoms with Crippen molar-refractivity contribution in [3.8, 4) is 0 Å². The SMILES string of the molecule is O=C(O)C(O)[C@H](Cc1ccccc1)C(=O)O. The molecule has 1 aromatic rings. The number of aliphatic hydroxyl groups excluding tert-OH is 1. The van der Waals surface area contributed by atoms with E-state index in [1.54, 1.807) is 30.3 Å². The second-order valence-electron chi connectivity index (χ2n) is 3.42. The van der Waals surface area contributed by atoms with E-state index in [0.717, 1.165) is 0 Å². The second-order valence-corrected chi connectivity index (χ2v) is 3.42. The number of hydrogen-bond donors (Lipinski definition) is 3. The lowest BCUT2D eigenvalue weighted by molar-refractivity contribution is -0.159. The third-order valence-electron chi connectivity index (χ3n) is 2.25. The van der Waals surface area contributed by atoms with Crippen LogP contribution in [0.25, 0.3) is 0 Å². The normalized spacial score (nSPS) is 14.1. The molecule has 2 atom stereocenters. The molecule has 1 unspecified atom stereocenters. The molecule has 0 aliphatic heterocycles. The van der Waals surface area contributed by atoms with E-state index < -0.39 is 24.0 Å². The van der Waals surface area contributed by atoms with Gasteiger partial charge in [-0.2, -0.15) is 0 Å². The summed E-state index contributed by atoms with van der Waals surface area (Å²) in [7, 11) is 0. The van der Waals surface area contributed by atoms with Crippen molar-refractivity contribution in [2.45, 2.75) is 12.5 Å². The van der Waals surface area contributed by atoms with Crippen LogP contribution in [0.3, 0.4) is 0 Å². The number of benzene rings is 1. The molecule has 0 radical (unpaired) electrons. The molecule has 0 spiro atoms. The Bertz CT molecular complexity index is 373. The topological polar surface area (TPSA) is 94.8 Å². The predicted molar refractivity (Wildman–Crippen MR) is 54.9 cm³/mol. The van der Waals surface area contributed by atoms with Gasteiger partial charge in [-0.3, -0.25) is 4.79 Å². The van der Waals surface area contributed by atoms with Crippen LogP contribution in [-0.4, -0.2) is 33.4 Å². The lowest BCUT2D eigenvalue weighted by atomic mass is 9.94. The van der Waals surface area contributed by atoms with Crippen LogP contribution in [0.4, 0.5) is 0 Å². The van der Waals surface area contributed by atoms with Crippen molar-refractivity contribution < 1.29 is 24.9 Å². The molecule has 0 fully saturated rings. The van der Waals surface area contributed by atoms with Gasteiger partial charge in [0.2, 0.25) is 0 Å². The lowest BCUT2D eigenvalue weighted by Crippen LogP contribution is -2.36. The maximum absolute atomic E-state index is 10.8. The van der Waals surface area contributed by atoms with E-state index in [1.165, 1.54) is 0 Å². The second kappa shape index (κ2) is 5.27. The monoisotopic (exact) mass is 224 g/mol. The first kappa shape index (κ1) is 12.2. The zero-order valence-corrected chi connectivity index (χ0v) is 8.41. The lowest BCUT2D eigenvalue weighted by Gasteiger charge is -2.15. The Balaban J connectivity index is 2.81. The summed E-state index contributed by atoms with van der Waals surface area (Å²) in [5.41, 5.74) is 0.676. The van der Waals surface area contributed by atoms with E-state index in [-0.39, 0.29) is 6.42 Å². The van der Waals surface area contributed by atoms with Gasteiger partial charge in [0, 0.05) is 0 Å². The van der Waals surface area contributed by atoms with Crippen LogP contribution in [0.1, 0.15) is 5.56 Å². The maximum Gasteiger partial charge on any atom is 0.333 e. The highest BCUT2D eigenvalue weighted by Gasteiger charge is 2.31. The summed E-state index contributed by atoms with van der Waals surface area (Å²) < 4.78 is 0. The number of aliphatic carboxylic acids is 2. The molecule has 0 saturated heterocycles. The summed E-state index contributed by atoms with van der Waals surface area (Å²) in [6, 6.07) is 8.59. The number of aliphatic hydroxyl groups is 1.